The number of benzene rings is 1. The van der Waals surface area contributed by atoms with E-state index in [1.54, 1.807) is 12.3 Å². The van der Waals surface area contributed by atoms with Crippen LogP contribution in [0.2, 0.25) is 5.15 Å². The first-order valence-corrected chi connectivity index (χ1v) is 7.09. The van der Waals surface area contributed by atoms with Crippen molar-refractivity contribution in [2.75, 3.05) is 6.54 Å². The third kappa shape index (κ3) is 1.91. The van der Waals surface area contributed by atoms with E-state index in [-0.39, 0.29) is 0 Å². The van der Waals surface area contributed by atoms with Gasteiger partial charge in [0.2, 0.25) is 0 Å². The second-order valence-corrected chi connectivity index (χ2v) is 5.41. The molecule has 1 aromatic carbocycles. The van der Waals surface area contributed by atoms with Crippen LogP contribution in [0.4, 0.5) is 0 Å². The molecule has 0 aliphatic carbocycles. The highest BCUT2D eigenvalue weighted by molar-refractivity contribution is 6.29. The molecule has 0 amide bonds. The van der Waals surface area contributed by atoms with Gasteiger partial charge < -0.3 is 9.94 Å². The monoisotopic (exact) mass is 296 g/mol. The summed E-state index contributed by atoms with van der Waals surface area (Å²) in [5.41, 5.74) is 3.82. The number of aromatic nitrogens is 2. The van der Waals surface area contributed by atoms with Crippen LogP contribution in [0, 0.1) is 5.21 Å². The van der Waals surface area contributed by atoms with E-state index < -0.39 is 0 Å². The Morgan fingerprint density at radius 2 is 2.10 bits per heavy atom. The van der Waals surface area contributed by atoms with Gasteiger partial charge in [-0.05, 0) is 18.2 Å². The molecule has 1 aliphatic heterocycles. The molecule has 1 aliphatic rings. The van der Waals surface area contributed by atoms with Crippen molar-refractivity contribution in [1.82, 2.24) is 9.71 Å². The molecule has 0 saturated heterocycles. The lowest BCUT2D eigenvalue weighted by Gasteiger charge is -2.19. The van der Waals surface area contributed by atoms with Gasteiger partial charge in [0.25, 0.3) is 0 Å². The molecule has 21 heavy (non-hydrogen) atoms. The van der Waals surface area contributed by atoms with Gasteiger partial charge in [0.05, 0.1) is 5.52 Å². The molecule has 0 N–H and O–H groups in total. The maximum Gasteiger partial charge on any atom is 0.129 e. The molecule has 0 spiro atoms. The summed E-state index contributed by atoms with van der Waals surface area (Å²) in [6, 6.07) is 11.3. The summed E-state index contributed by atoms with van der Waals surface area (Å²) in [5, 5.41) is 13.9. The van der Waals surface area contributed by atoms with Crippen LogP contribution in [0.25, 0.3) is 22.2 Å². The second kappa shape index (κ2) is 4.60. The summed E-state index contributed by atoms with van der Waals surface area (Å²) < 4.78 is 0.998. The lowest BCUT2D eigenvalue weighted by molar-refractivity contribution is 0.869. The van der Waals surface area contributed by atoms with Crippen molar-refractivity contribution in [1.29, 1.82) is 0 Å². The van der Waals surface area contributed by atoms with Crippen LogP contribution in [0.1, 0.15) is 11.3 Å². The molecule has 4 nitrogen and oxygen atoms in total. The quantitative estimate of drug-likeness (QED) is 0.643. The predicted octanol–water partition coefficient (Wildman–Crippen LogP) is 3.68. The second-order valence-electron chi connectivity index (χ2n) is 5.02. The fraction of sp³-hybridized carbons (Fsp3) is 0.125. The number of nitrogens with zero attached hydrogens (tertiary/aromatic N) is 3. The van der Waals surface area contributed by atoms with Crippen molar-refractivity contribution >= 4 is 28.7 Å². The van der Waals surface area contributed by atoms with Crippen molar-refractivity contribution in [2.45, 2.75) is 6.42 Å². The third-order valence-electron chi connectivity index (χ3n) is 3.76. The van der Waals surface area contributed by atoms with Crippen molar-refractivity contribution in [3.05, 3.63) is 58.0 Å². The number of aliphatic imine (C=N–C) groups is 1. The van der Waals surface area contributed by atoms with Crippen molar-refractivity contribution < 1.29 is 0 Å². The van der Waals surface area contributed by atoms with Gasteiger partial charge >= 0.3 is 0 Å². The smallest absolute Gasteiger partial charge is 0.129 e. The number of pyridine rings is 1. The summed E-state index contributed by atoms with van der Waals surface area (Å²) in [5.74, 6) is 0. The molecule has 0 atom stereocenters. The zero-order chi connectivity index (χ0) is 14.4. The molecule has 5 heteroatoms. The molecule has 0 radical (unpaired) electrons. The van der Waals surface area contributed by atoms with Crippen LogP contribution in [-0.2, 0) is 6.42 Å². The first kappa shape index (κ1) is 12.4. The predicted molar refractivity (Wildman–Crippen MR) is 85.1 cm³/mol. The van der Waals surface area contributed by atoms with Gasteiger partial charge in [-0.25, -0.2) is 4.98 Å². The summed E-state index contributed by atoms with van der Waals surface area (Å²) in [7, 11) is 0. The lowest BCUT2D eigenvalue weighted by atomic mass is 10.1. The summed E-state index contributed by atoms with van der Waals surface area (Å²) in [6.07, 6.45) is 2.44. The summed E-state index contributed by atoms with van der Waals surface area (Å²) in [4.78, 5) is 8.61. The Hall–Kier alpha value is -2.33. The summed E-state index contributed by atoms with van der Waals surface area (Å²) in [6.45, 7) is 0.665. The van der Waals surface area contributed by atoms with Gasteiger partial charge in [0.1, 0.15) is 5.15 Å². The minimum Gasteiger partial charge on any atom is -0.805 e. The molecular formula is C16H11ClN3O-. The Bertz CT molecular complexity index is 883. The average Bonchev–Trinajstić information content (AvgIpc) is 2.84. The third-order valence-corrected chi connectivity index (χ3v) is 3.97. The molecule has 0 saturated carbocycles. The van der Waals surface area contributed by atoms with E-state index in [0.717, 1.165) is 32.5 Å². The van der Waals surface area contributed by atoms with Crippen molar-refractivity contribution in [2.24, 2.45) is 4.99 Å². The first-order valence-electron chi connectivity index (χ1n) is 6.71. The average molecular weight is 297 g/mol. The molecule has 2 aromatic heterocycles. The van der Waals surface area contributed by atoms with Crippen LogP contribution in [0.15, 0.2) is 41.4 Å². The zero-order valence-corrected chi connectivity index (χ0v) is 11.8. The molecule has 0 fully saturated rings. The highest BCUT2D eigenvalue weighted by Crippen LogP contribution is 2.31. The molecule has 4 rings (SSSR count). The SMILES string of the molecule is [O-]n1c(-c2cccc3ccc(Cl)nc23)cc2c1CCN=C2. The van der Waals surface area contributed by atoms with Gasteiger partial charge in [0.15, 0.2) is 0 Å². The molecule has 3 heterocycles. The minimum atomic E-state index is 0.422. The van der Waals surface area contributed by atoms with E-state index in [2.05, 4.69) is 9.98 Å². The lowest BCUT2D eigenvalue weighted by Crippen LogP contribution is -2.05. The molecular weight excluding hydrogens is 286 g/mol. The normalized spacial score (nSPS) is 13.6. The van der Waals surface area contributed by atoms with Gasteiger partial charge in [0, 0.05) is 47.1 Å². The number of para-hydroxylation sites is 1. The highest BCUT2D eigenvalue weighted by atomic mass is 35.5. The van der Waals surface area contributed by atoms with Gasteiger partial charge in [-0.15, -0.1) is 0 Å². The highest BCUT2D eigenvalue weighted by Gasteiger charge is 2.15. The number of rotatable bonds is 1. The largest absolute Gasteiger partial charge is 0.805 e. The Kier molecular flexibility index (Phi) is 2.72. The molecule has 104 valence electrons. The minimum absolute atomic E-state index is 0.422. The van der Waals surface area contributed by atoms with Gasteiger partial charge in [-0.3, -0.25) is 4.99 Å². The van der Waals surface area contributed by atoms with Crippen LogP contribution in [0.3, 0.4) is 0 Å². The molecule has 0 unspecified atom stereocenters. The van der Waals surface area contributed by atoms with E-state index >= 15 is 0 Å². The van der Waals surface area contributed by atoms with Crippen molar-refractivity contribution in [3.8, 4) is 11.3 Å². The van der Waals surface area contributed by atoms with E-state index in [4.69, 9.17) is 11.6 Å². The summed E-state index contributed by atoms with van der Waals surface area (Å²) >= 11 is 6.00. The van der Waals surface area contributed by atoms with E-state index in [9.17, 15) is 5.21 Å². The maximum absolute atomic E-state index is 12.5. The Labute approximate surface area is 126 Å². The Balaban J connectivity index is 2.01. The number of hydrogen-bond donors (Lipinski definition) is 0. The standard InChI is InChI=1S/C16H11ClN3O/c17-15-5-4-10-2-1-3-12(16(10)19-15)14-8-11-9-18-7-6-13(11)20(14)21/h1-5,8-9H,6-7H2/q-1. The molecule has 0 bridgehead atoms. The van der Waals surface area contributed by atoms with Crippen molar-refractivity contribution in [3.63, 3.8) is 0 Å². The zero-order valence-electron chi connectivity index (χ0n) is 11.1. The van der Waals surface area contributed by atoms with Crippen LogP contribution >= 0.6 is 11.6 Å². The first-order chi connectivity index (χ1) is 10.2. The van der Waals surface area contributed by atoms with Gasteiger partial charge in [-0.1, -0.05) is 29.8 Å². The van der Waals surface area contributed by atoms with E-state index in [0.29, 0.717) is 23.8 Å². The number of fused-ring (bicyclic) bond motifs is 2. The number of hydrogen-bond acceptors (Lipinski definition) is 3. The maximum atomic E-state index is 12.5. The molecule has 3 aromatic rings. The Morgan fingerprint density at radius 1 is 1.19 bits per heavy atom. The van der Waals surface area contributed by atoms with Crippen LogP contribution in [0.5, 0.6) is 0 Å². The van der Waals surface area contributed by atoms with Crippen LogP contribution < -0.4 is 0 Å². The van der Waals surface area contributed by atoms with E-state index in [1.807, 2.05) is 30.3 Å². The van der Waals surface area contributed by atoms with Gasteiger partial charge in [-0.2, -0.15) is 0 Å². The van der Waals surface area contributed by atoms with Crippen LogP contribution in [-0.4, -0.2) is 22.5 Å². The Morgan fingerprint density at radius 3 is 2.95 bits per heavy atom. The fourth-order valence-corrected chi connectivity index (χ4v) is 2.91. The number of halogens is 1. The topological polar surface area (TPSA) is 53.2 Å². The fourth-order valence-electron chi connectivity index (χ4n) is 2.76. The van der Waals surface area contributed by atoms with E-state index in [1.165, 1.54) is 0 Å².